The maximum Gasteiger partial charge on any atom is 0.329 e. The average molecular weight is 223 g/mol. The molecule has 0 aliphatic carbocycles. The minimum Gasteiger partial charge on any atom is -0.480 e. The number of fused-ring (bicyclic) bond motifs is 1. The van der Waals surface area contributed by atoms with Gasteiger partial charge in [0.05, 0.1) is 0 Å². The largest absolute Gasteiger partial charge is 0.480 e. The molecule has 0 fully saturated rings. The maximum absolute atomic E-state index is 13.4. The van der Waals surface area contributed by atoms with Gasteiger partial charge in [0.2, 0.25) is 0 Å². The van der Waals surface area contributed by atoms with Crippen LogP contribution in [0.4, 0.5) is 10.1 Å². The summed E-state index contributed by atoms with van der Waals surface area (Å²) in [5.41, 5.74) is 0.254. The van der Waals surface area contributed by atoms with E-state index in [1.165, 1.54) is 6.07 Å². The van der Waals surface area contributed by atoms with Gasteiger partial charge in [-0.3, -0.25) is 0 Å². The van der Waals surface area contributed by atoms with Crippen LogP contribution in [0.15, 0.2) is 18.2 Å². The minimum absolute atomic E-state index is 0.264. The zero-order valence-electron chi connectivity index (χ0n) is 9.09. The Morgan fingerprint density at radius 1 is 1.62 bits per heavy atom. The van der Waals surface area contributed by atoms with E-state index in [1.807, 2.05) is 6.92 Å². The van der Waals surface area contributed by atoms with Crippen molar-refractivity contribution in [2.75, 3.05) is 5.32 Å². The molecule has 4 heteroatoms. The summed E-state index contributed by atoms with van der Waals surface area (Å²) in [7, 11) is 0. The Kier molecular flexibility index (Phi) is 2.58. The van der Waals surface area contributed by atoms with Gasteiger partial charge in [0.15, 0.2) is 0 Å². The predicted octanol–water partition coefficient (Wildman–Crippen LogP) is 2.42. The Morgan fingerprint density at radius 2 is 2.38 bits per heavy atom. The molecule has 0 saturated carbocycles. The van der Waals surface area contributed by atoms with E-state index >= 15 is 0 Å². The normalized spacial score (nSPS) is 23.4. The van der Waals surface area contributed by atoms with Crippen LogP contribution >= 0.6 is 0 Å². The number of hydrogen-bond acceptors (Lipinski definition) is 2. The van der Waals surface area contributed by atoms with Crippen LogP contribution in [-0.2, 0) is 11.2 Å². The molecule has 2 N–H and O–H groups in total. The molecule has 1 heterocycles. The molecule has 0 saturated heterocycles. The predicted molar refractivity (Wildman–Crippen MR) is 59.0 cm³/mol. The van der Waals surface area contributed by atoms with E-state index in [2.05, 4.69) is 5.32 Å². The van der Waals surface area contributed by atoms with Crippen molar-refractivity contribution in [2.24, 2.45) is 0 Å². The molecule has 2 rings (SSSR count). The molecule has 3 nitrogen and oxygen atoms in total. The molecule has 1 aromatic carbocycles. The van der Waals surface area contributed by atoms with E-state index < -0.39 is 11.5 Å². The van der Waals surface area contributed by atoms with Gasteiger partial charge in [0.25, 0.3) is 0 Å². The first-order chi connectivity index (χ1) is 7.59. The molecule has 1 aliphatic heterocycles. The fourth-order valence-electron chi connectivity index (χ4n) is 2.17. The van der Waals surface area contributed by atoms with Crippen LogP contribution in [0.3, 0.4) is 0 Å². The SMILES string of the molecule is CCC1(C(=O)O)CCc2c(F)cccc2N1. The fraction of sp³-hybridized carbons (Fsp3) is 0.417. The third kappa shape index (κ3) is 1.54. The first kappa shape index (κ1) is 10.9. The molecule has 86 valence electrons. The zero-order valence-corrected chi connectivity index (χ0v) is 9.09. The fourth-order valence-corrected chi connectivity index (χ4v) is 2.17. The molecule has 0 spiro atoms. The molecule has 0 bridgehead atoms. The number of benzene rings is 1. The molecule has 0 amide bonds. The Bertz CT molecular complexity index is 433. The monoisotopic (exact) mass is 223 g/mol. The molecule has 0 radical (unpaired) electrons. The molecular formula is C12H14FNO2. The van der Waals surface area contributed by atoms with E-state index in [1.54, 1.807) is 12.1 Å². The van der Waals surface area contributed by atoms with E-state index in [9.17, 15) is 14.3 Å². The van der Waals surface area contributed by atoms with Crippen LogP contribution < -0.4 is 5.32 Å². The number of carboxylic acid groups (broad SMARTS) is 1. The molecular weight excluding hydrogens is 209 g/mol. The molecule has 16 heavy (non-hydrogen) atoms. The first-order valence-electron chi connectivity index (χ1n) is 5.38. The zero-order chi connectivity index (χ0) is 11.8. The number of aliphatic carboxylic acids is 1. The second-order valence-corrected chi connectivity index (χ2v) is 4.13. The van der Waals surface area contributed by atoms with Crippen molar-refractivity contribution in [1.29, 1.82) is 0 Å². The lowest BCUT2D eigenvalue weighted by Crippen LogP contribution is -2.48. The summed E-state index contributed by atoms with van der Waals surface area (Å²) >= 11 is 0. The highest BCUT2D eigenvalue weighted by molar-refractivity contribution is 5.84. The molecule has 0 aromatic heterocycles. The van der Waals surface area contributed by atoms with Crippen molar-refractivity contribution < 1.29 is 14.3 Å². The van der Waals surface area contributed by atoms with Crippen molar-refractivity contribution in [3.05, 3.63) is 29.6 Å². The first-order valence-corrected chi connectivity index (χ1v) is 5.38. The van der Waals surface area contributed by atoms with Crippen molar-refractivity contribution in [2.45, 2.75) is 31.7 Å². The van der Waals surface area contributed by atoms with Crippen LogP contribution in [0, 0.1) is 5.82 Å². The Balaban J connectivity index is 2.40. The maximum atomic E-state index is 13.4. The summed E-state index contributed by atoms with van der Waals surface area (Å²) in [4.78, 5) is 11.2. The lowest BCUT2D eigenvalue weighted by atomic mass is 9.84. The highest BCUT2D eigenvalue weighted by atomic mass is 19.1. The van der Waals surface area contributed by atoms with Crippen LogP contribution in [0.5, 0.6) is 0 Å². The number of halogens is 1. The number of rotatable bonds is 2. The average Bonchev–Trinajstić information content (AvgIpc) is 2.28. The summed E-state index contributed by atoms with van der Waals surface area (Å²) in [6, 6.07) is 4.72. The van der Waals surface area contributed by atoms with Crippen molar-refractivity contribution >= 4 is 11.7 Å². The topological polar surface area (TPSA) is 49.3 Å². The lowest BCUT2D eigenvalue weighted by Gasteiger charge is -2.35. The number of nitrogens with one attached hydrogen (secondary N) is 1. The third-order valence-electron chi connectivity index (χ3n) is 3.31. The highest BCUT2D eigenvalue weighted by Crippen LogP contribution is 2.34. The summed E-state index contributed by atoms with van der Waals surface area (Å²) in [5, 5.41) is 12.2. The number of hydrogen-bond donors (Lipinski definition) is 2. The van der Waals surface area contributed by atoms with Gasteiger partial charge in [-0.05, 0) is 31.4 Å². The van der Waals surface area contributed by atoms with Crippen LogP contribution in [-0.4, -0.2) is 16.6 Å². The lowest BCUT2D eigenvalue weighted by molar-refractivity contribution is -0.142. The van der Waals surface area contributed by atoms with Gasteiger partial charge in [-0.25, -0.2) is 9.18 Å². The highest BCUT2D eigenvalue weighted by Gasteiger charge is 2.39. The van der Waals surface area contributed by atoms with E-state index in [4.69, 9.17) is 0 Å². The van der Waals surface area contributed by atoms with Gasteiger partial charge in [-0.15, -0.1) is 0 Å². The standard InChI is InChI=1S/C12H14FNO2/c1-2-12(11(15)16)7-6-8-9(13)4-3-5-10(8)14-12/h3-5,14H,2,6-7H2,1H3,(H,15,16). The minimum atomic E-state index is -0.944. The Labute approximate surface area is 93.3 Å². The summed E-state index contributed by atoms with van der Waals surface area (Å²) in [6.07, 6.45) is 1.38. The van der Waals surface area contributed by atoms with Gasteiger partial charge in [-0.2, -0.15) is 0 Å². The summed E-state index contributed by atoms with van der Waals surface area (Å²) in [6.45, 7) is 1.82. The van der Waals surface area contributed by atoms with Crippen LogP contribution in [0.1, 0.15) is 25.3 Å². The van der Waals surface area contributed by atoms with E-state index in [0.717, 1.165) is 0 Å². The van der Waals surface area contributed by atoms with Gasteiger partial charge >= 0.3 is 5.97 Å². The van der Waals surface area contributed by atoms with Gasteiger partial charge < -0.3 is 10.4 Å². The summed E-state index contributed by atoms with van der Waals surface area (Å²) < 4.78 is 13.4. The quantitative estimate of drug-likeness (QED) is 0.809. The van der Waals surface area contributed by atoms with E-state index in [-0.39, 0.29) is 5.82 Å². The van der Waals surface area contributed by atoms with Crippen molar-refractivity contribution in [1.82, 2.24) is 0 Å². The third-order valence-corrected chi connectivity index (χ3v) is 3.31. The number of carbonyl (C=O) groups is 1. The second-order valence-electron chi connectivity index (χ2n) is 4.13. The summed E-state index contributed by atoms with van der Waals surface area (Å²) in [5.74, 6) is -1.13. The van der Waals surface area contributed by atoms with Gasteiger partial charge in [0.1, 0.15) is 11.4 Å². The smallest absolute Gasteiger partial charge is 0.329 e. The van der Waals surface area contributed by atoms with Gasteiger partial charge in [-0.1, -0.05) is 13.0 Å². The molecule has 1 aliphatic rings. The number of carboxylic acids is 1. The van der Waals surface area contributed by atoms with Gasteiger partial charge in [0, 0.05) is 11.3 Å². The van der Waals surface area contributed by atoms with E-state index in [0.29, 0.717) is 30.5 Å². The van der Waals surface area contributed by atoms with Crippen molar-refractivity contribution in [3.8, 4) is 0 Å². The second kappa shape index (κ2) is 3.77. The molecule has 1 aromatic rings. The van der Waals surface area contributed by atoms with Crippen molar-refractivity contribution in [3.63, 3.8) is 0 Å². The number of anilines is 1. The molecule has 1 atom stereocenters. The molecule has 1 unspecified atom stereocenters. The Morgan fingerprint density at radius 3 is 3.00 bits per heavy atom. The van der Waals surface area contributed by atoms with Crippen LogP contribution in [0.25, 0.3) is 0 Å². The Hall–Kier alpha value is -1.58. The van der Waals surface area contributed by atoms with Crippen LogP contribution in [0.2, 0.25) is 0 Å².